The van der Waals surface area contributed by atoms with Crippen molar-refractivity contribution in [3.05, 3.63) is 12.7 Å². The predicted molar refractivity (Wildman–Crippen MR) is 62.1 cm³/mol. The Morgan fingerprint density at radius 1 is 1.29 bits per heavy atom. The fraction of sp³-hybridized carbons (Fsp3) is 0.857. The fourth-order valence-electron chi connectivity index (χ4n) is 4.30. The largest absolute Gasteiger partial charge is 0.103 e. The van der Waals surface area contributed by atoms with E-state index in [9.17, 15) is 0 Å². The molecule has 0 bridgehead atoms. The smallest absolute Gasteiger partial charge is 0.0229 e. The number of rotatable bonds is 2. The summed E-state index contributed by atoms with van der Waals surface area (Å²) in [5.74, 6) is 2.84. The van der Waals surface area contributed by atoms with Crippen LogP contribution in [-0.2, 0) is 0 Å². The van der Waals surface area contributed by atoms with E-state index in [2.05, 4.69) is 40.3 Å². The maximum absolute atomic E-state index is 3.94. The second-order valence-electron chi connectivity index (χ2n) is 6.38. The van der Waals surface area contributed by atoms with Crippen LogP contribution in [-0.4, -0.2) is 0 Å². The third-order valence-electron chi connectivity index (χ3n) is 5.38. The number of hydrogen-bond acceptors (Lipinski definition) is 0. The van der Waals surface area contributed by atoms with E-state index in [4.69, 9.17) is 0 Å². The highest BCUT2D eigenvalue weighted by Gasteiger charge is 2.66. The van der Waals surface area contributed by atoms with Crippen LogP contribution >= 0.6 is 0 Å². The van der Waals surface area contributed by atoms with Crippen LogP contribution in [0.25, 0.3) is 0 Å². The van der Waals surface area contributed by atoms with Gasteiger partial charge in [0.05, 0.1) is 0 Å². The van der Waals surface area contributed by atoms with Crippen molar-refractivity contribution < 1.29 is 0 Å². The van der Waals surface area contributed by atoms with Gasteiger partial charge in [-0.25, -0.2) is 0 Å². The molecule has 2 aliphatic carbocycles. The molecule has 0 amide bonds. The molecule has 0 saturated heterocycles. The first-order chi connectivity index (χ1) is 6.44. The highest BCUT2D eigenvalue weighted by molar-refractivity contribution is 5.16. The molecule has 0 aliphatic heterocycles. The molecule has 80 valence electrons. The highest BCUT2D eigenvalue weighted by Crippen LogP contribution is 2.73. The van der Waals surface area contributed by atoms with E-state index in [0.29, 0.717) is 10.8 Å². The van der Waals surface area contributed by atoms with Gasteiger partial charge in [0, 0.05) is 0 Å². The lowest BCUT2D eigenvalue weighted by atomic mass is 9.65. The Morgan fingerprint density at radius 3 is 2.50 bits per heavy atom. The van der Waals surface area contributed by atoms with Crippen molar-refractivity contribution in [2.45, 2.75) is 47.0 Å². The average molecular weight is 192 g/mol. The Labute approximate surface area is 88.8 Å². The lowest BCUT2D eigenvalue weighted by Crippen LogP contribution is -2.32. The van der Waals surface area contributed by atoms with E-state index in [1.807, 2.05) is 0 Å². The zero-order chi connectivity index (χ0) is 10.6. The molecule has 0 heteroatoms. The summed E-state index contributed by atoms with van der Waals surface area (Å²) >= 11 is 0. The van der Waals surface area contributed by atoms with Crippen molar-refractivity contribution in [2.24, 2.45) is 28.6 Å². The molecule has 0 aromatic carbocycles. The van der Waals surface area contributed by atoms with Crippen molar-refractivity contribution in [1.29, 1.82) is 0 Å². The molecule has 2 saturated carbocycles. The Balaban J connectivity index is 2.25. The second-order valence-corrected chi connectivity index (χ2v) is 6.38. The van der Waals surface area contributed by atoms with Crippen molar-refractivity contribution in [1.82, 2.24) is 0 Å². The van der Waals surface area contributed by atoms with Gasteiger partial charge in [0.1, 0.15) is 0 Å². The third kappa shape index (κ3) is 1.12. The summed E-state index contributed by atoms with van der Waals surface area (Å²) in [6.45, 7) is 13.8. The number of allylic oxidation sites excluding steroid dienone is 1. The Morgan fingerprint density at radius 2 is 1.93 bits per heavy atom. The topological polar surface area (TPSA) is 0 Å². The summed E-state index contributed by atoms with van der Waals surface area (Å²) in [4.78, 5) is 0. The first-order valence-corrected chi connectivity index (χ1v) is 6.05. The van der Waals surface area contributed by atoms with Crippen molar-refractivity contribution in [3.63, 3.8) is 0 Å². The Bertz CT molecular complexity index is 251. The molecule has 0 spiro atoms. The van der Waals surface area contributed by atoms with Gasteiger partial charge in [-0.3, -0.25) is 0 Å². The van der Waals surface area contributed by atoms with Crippen LogP contribution < -0.4 is 0 Å². The zero-order valence-corrected chi connectivity index (χ0v) is 10.1. The van der Waals surface area contributed by atoms with E-state index < -0.39 is 0 Å². The summed E-state index contributed by atoms with van der Waals surface area (Å²) in [6, 6.07) is 0. The molecule has 0 aromatic rings. The van der Waals surface area contributed by atoms with Gasteiger partial charge < -0.3 is 0 Å². The molecule has 2 rings (SSSR count). The highest BCUT2D eigenvalue weighted by atomic mass is 14.7. The molecule has 0 radical (unpaired) electrons. The van der Waals surface area contributed by atoms with Crippen LogP contribution in [0.3, 0.4) is 0 Å². The molecule has 2 fully saturated rings. The van der Waals surface area contributed by atoms with Crippen molar-refractivity contribution >= 4 is 0 Å². The molecule has 0 aromatic heterocycles. The summed E-state index contributed by atoms with van der Waals surface area (Å²) in [5, 5.41) is 0. The summed E-state index contributed by atoms with van der Waals surface area (Å²) < 4.78 is 0. The van der Waals surface area contributed by atoms with Gasteiger partial charge in [0.15, 0.2) is 0 Å². The molecule has 14 heavy (non-hydrogen) atoms. The van der Waals surface area contributed by atoms with Gasteiger partial charge in [0.2, 0.25) is 0 Å². The molecule has 0 N–H and O–H groups in total. The molecule has 2 aliphatic rings. The number of hydrogen-bond donors (Lipinski definition) is 0. The lowest BCUT2D eigenvalue weighted by molar-refractivity contribution is 0.108. The SMILES string of the molecule is C=CCC1(C)C(C)CCC2C1C2(C)C. The van der Waals surface area contributed by atoms with Crippen molar-refractivity contribution in [2.75, 3.05) is 0 Å². The van der Waals surface area contributed by atoms with E-state index in [1.54, 1.807) is 0 Å². The van der Waals surface area contributed by atoms with Gasteiger partial charge in [-0.15, -0.1) is 6.58 Å². The minimum Gasteiger partial charge on any atom is -0.103 e. The van der Waals surface area contributed by atoms with E-state index in [0.717, 1.165) is 17.8 Å². The summed E-state index contributed by atoms with van der Waals surface area (Å²) in [7, 11) is 0. The van der Waals surface area contributed by atoms with Crippen LogP contribution in [0.15, 0.2) is 12.7 Å². The van der Waals surface area contributed by atoms with Crippen LogP contribution in [0.1, 0.15) is 47.0 Å². The second kappa shape index (κ2) is 2.87. The summed E-state index contributed by atoms with van der Waals surface area (Å²) in [6.07, 6.45) is 6.23. The van der Waals surface area contributed by atoms with Crippen molar-refractivity contribution in [3.8, 4) is 0 Å². The molecular weight excluding hydrogens is 168 g/mol. The Kier molecular flexibility index (Phi) is 2.10. The van der Waals surface area contributed by atoms with Gasteiger partial charge in [-0.05, 0) is 47.8 Å². The van der Waals surface area contributed by atoms with E-state index in [-0.39, 0.29) is 0 Å². The average Bonchev–Trinajstić information content (AvgIpc) is 2.64. The minimum absolute atomic E-state index is 0.536. The normalized spacial score (nSPS) is 49.6. The molecule has 0 heterocycles. The van der Waals surface area contributed by atoms with Gasteiger partial charge in [-0.2, -0.15) is 0 Å². The fourth-order valence-corrected chi connectivity index (χ4v) is 4.30. The molecule has 0 nitrogen and oxygen atoms in total. The maximum Gasteiger partial charge on any atom is -0.0229 e. The molecule has 4 unspecified atom stereocenters. The third-order valence-corrected chi connectivity index (χ3v) is 5.38. The predicted octanol–water partition coefficient (Wildman–Crippen LogP) is 4.27. The molecule has 4 atom stereocenters. The molecular formula is C14H24. The van der Waals surface area contributed by atoms with Gasteiger partial charge in [-0.1, -0.05) is 33.8 Å². The standard InChI is InChI=1S/C14H24/c1-6-9-14(5)10(2)7-8-11-12(14)13(11,3)4/h6,10-12H,1,7-9H2,2-5H3. The van der Waals surface area contributed by atoms with Crippen LogP contribution in [0.5, 0.6) is 0 Å². The first kappa shape index (κ1) is 10.3. The maximum atomic E-state index is 3.94. The van der Waals surface area contributed by atoms with E-state index in [1.165, 1.54) is 19.3 Å². The lowest BCUT2D eigenvalue weighted by Gasteiger charge is -2.39. The van der Waals surface area contributed by atoms with E-state index >= 15 is 0 Å². The quantitative estimate of drug-likeness (QED) is 0.573. The van der Waals surface area contributed by atoms with Crippen LogP contribution in [0.2, 0.25) is 0 Å². The first-order valence-electron chi connectivity index (χ1n) is 6.05. The van der Waals surface area contributed by atoms with Crippen LogP contribution in [0, 0.1) is 28.6 Å². The van der Waals surface area contributed by atoms with Crippen LogP contribution in [0.4, 0.5) is 0 Å². The summed E-state index contributed by atoms with van der Waals surface area (Å²) in [5.41, 5.74) is 1.15. The zero-order valence-electron chi connectivity index (χ0n) is 10.1. The number of fused-ring (bicyclic) bond motifs is 1. The minimum atomic E-state index is 0.536. The van der Waals surface area contributed by atoms with Gasteiger partial charge >= 0.3 is 0 Å². The van der Waals surface area contributed by atoms with Gasteiger partial charge in [0.25, 0.3) is 0 Å². The monoisotopic (exact) mass is 192 g/mol. The Hall–Kier alpha value is -0.260.